The second kappa shape index (κ2) is 6.97. The maximum atomic E-state index is 12.0. The summed E-state index contributed by atoms with van der Waals surface area (Å²) in [5, 5.41) is 20.8. The average molecular weight is 337 g/mol. The Morgan fingerprint density at radius 3 is 2.74 bits per heavy atom. The summed E-state index contributed by atoms with van der Waals surface area (Å²) < 4.78 is 5.08. The maximum absolute atomic E-state index is 12.0. The summed E-state index contributed by atoms with van der Waals surface area (Å²) in [5.41, 5.74) is 0.321. The summed E-state index contributed by atoms with van der Waals surface area (Å²) in [5.74, 6) is 0.0314. The Labute approximate surface area is 136 Å². The Morgan fingerprint density at radius 1 is 1.35 bits per heavy atom. The van der Waals surface area contributed by atoms with Gasteiger partial charge in [-0.2, -0.15) is 0 Å². The van der Waals surface area contributed by atoms with E-state index in [-0.39, 0.29) is 23.7 Å². The van der Waals surface area contributed by atoms with Gasteiger partial charge in [0.1, 0.15) is 11.5 Å². The van der Waals surface area contributed by atoms with E-state index in [0.717, 1.165) is 6.07 Å². The van der Waals surface area contributed by atoms with Gasteiger partial charge in [0.25, 0.3) is 5.69 Å². The van der Waals surface area contributed by atoms with Gasteiger partial charge in [-0.05, 0) is 18.2 Å². The van der Waals surface area contributed by atoms with Crippen LogP contribution in [0.15, 0.2) is 42.5 Å². The van der Waals surface area contributed by atoms with E-state index in [1.54, 1.807) is 12.1 Å². The van der Waals surface area contributed by atoms with Crippen LogP contribution in [0.3, 0.4) is 0 Å². The molecule has 0 aliphatic heterocycles. The molecule has 0 bridgehead atoms. The SMILES string of the molecule is CN(Cc1ccc(Cl)cc1O)C(=O)Oc1cccc([N+](=O)[O-])c1. The number of ether oxygens (including phenoxy) is 1. The molecular formula is C15H13ClN2O5. The topological polar surface area (TPSA) is 92.9 Å². The number of hydrogen-bond acceptors (Lipinski definition) is 5. The summed E-state index contributed by atoms with van der Waals surface area (Å²) in [6.45, 7) is 0.0940. The number of rotatable bonds is 4. The van der Waals surface area contributed by atoms with Gasteiger partial charge in [0, 0.05) is 23.7 Å². The van der Waals surface area contributed by atoms with Gasteiger partial charge in [-0.15, -0.1) is 0 Å². The molecule has 0 radical (unpaired) electrons. The summed E-state index contributed by atoms with van der Waals surface area (Å²) in [6, 6.07) is 9.88. The number of nitro groups is 1. The van der Waals surface area contributed by atoms with E-state index in [1.807, 2.05) is 0 Å². The van der Waals surface area contributed by atoms with Gasteiger partial charge in [0.15, 0.2) is 0 Å². The van der Waals surface area contributed by atoms with Crippen molar-refractivity contribution in [2.75, 3.05) is 7.05 Å². The molecule has 23 heavy (non-hydrogen) atoms. The first-order valence-corrected chi connectivity index (χ1v) is 6.89. The number of benzene rings is 2. The lowest BCUT2D eigenvalue weighted by molar-refractivity contribution is -0.384. The Bertz CT molecular complexity index is 750. The van der Waals surface area contributed by atoms with E-state index >= 15 is 0 Å². The molecule has 0 fully saturated rings. The molecule has 2 aromatic carbocycles. The van der Waals surface area contributed by atoms with Crippen LogP contribution in [0.4, 0.5) is 10.5 Å². The largest absolute Gasteiger partial charge is 0.508 e. The Morgan fingerprint density at radius 2 is 2.09 bits per heavy atom. The van der Waals surface area contributed by atoms with Crippen molar-refractivity contribution in [2.24, 2.45) is 0 Å². The van der Waals surface area contributed by atoms with Crippen molar-refractivity contribution in [3.8, 4) is 11.5 Å². The van der Waals surface area contributed by atoms with Gasteiger partial charge in [-0.25, -0.2) is 4.79 Å². The van der Waals surface area contributed by atoms with Crippen LogP contribution in [-0.4, -0.2) is 28.1 Å². The molecule has 0 heterocycles. The van der Waals surface area contributed by atoms with E-state index in [9.17, 15) is 20.0 Å². The Balaban J connectivity index is 2.05. The van der Waals surface area contributed by atoms with Crippen LogP contribution in [0.25, 0.3) is 0 Å². The zero-order valence-corrected chi connectivity index (χ0v) is 12.9. The quantitative estimate of drug-likeness (QED) is 0.680. The van der Waals surface area contributed by atoms with Crippen LogP contribution in [0.5, 0.6) is 11.5 Å². The van der Waals surface area contributed by atoms with E-state index in [0.29, 0.717) is 10.6 Å². The molecule has 2 aromatic rings. The van der Waals surface area contributed by atoms with Gasteiger partial charge in [-0.3, -0.25) is 10.1 Å². The highest BCUT2D eigenvalue weighted by Gasteiger charge is 2.15. The number of amides is 1. The molecule has 1 N–H and O–H groups in total. The van der Waals surface area contributed by atoms with E-state index < -0.39 is 11.0 Å². The van der Waals surface area contributed by atoms with Crippen molar-refractivity contribution in [2.45, 2.75) is 6.54 Å². The normalized spacial score (nSPS) is 10.2. The zero-order valence-electron chi connectivity index (χ0n) is 12.1. The van der Waals surface area contributed by atoms with Crippen LogP contribution in [0.2, 0.25) is 5.02 Å². The summed E-state index contributed by atoms with van der Waals surface area (Å²) in [4.78, 5) is 23.3. The molecular weight excluding hydrogens is 324 g/mol. The molecule has 0 aromatic heterocycles. The highest BCUT2D eigenvalue weighted by molar-refractivity contribution is 6.30. The summed E-state index contributed by atoms with van der Waals surface area (Å²) >= 11 is 5.74. The van der Waals surface area contributed by atoms with E-state index in [4.69, 9.17) is 16.3 Å². The predicted octanol–water partition coefficient (Wildman–Crippen LogP) is 3.58. The standard InChI is InChI=1S/C15H13ClN2O5/c1-17(9-10-5-6-11(16)7-14(10)19)15(20)23-13-4-2-3-12(8-13)18(21)22/h2-8,19H,9H2,1H3. The number of non-ortho nitro benzene ring substituents is 1. The second-order valence-corrected chi connectivity index (χ2v) is 5.19. The minimum atomic E-state index is -0.708. The van der Waals surface area contributed by atoms with Crippen molar-refractivity contribution in [1.29, 1.82) is 0 Å². The van der Waals surface area contributed by atoms with Gasteiger partial charge >= 0.3 is 6.09 Å². The number of phenolic OH excluding ortho intramolecular Hbond substituents is 1. The third kappa shape index (κ3) is 4.33. The monoisotopic (exact) mass is 336 g/mol. The Hall–Kier alpha value is -2.80. The number of carbonyl (C=O) groups is 1. The number of halogens is 1. The first-order valence-electron chi connectivity index (χ1n) is 6.51. The lowest BCUT2D eigenvalue weighted by atomic mass is 10.2. The highest BCUT2D eigenvalue weighted by Crippen LogP contribution is 2.24. The van der Waals surface area contributed by atoms with Crippen LogP contribution in [0, 0.1) is 10.1 Å². The van der Waals surface area contributed by atoms with Crippen LogP contribution >= 0.6 is 11.6 Å². The summed E-state index contributed by atoms with van der Waals surface area (Å²) in [6.07, 6.45) is -0.708. The smallest absolute Gasteiger partial charge is 0.415 e. The predicted molar refractivity (Wildman–Crippen MR) is 83.7 cm³/mol. The van der Waals surface area contributed by atoms with Crippen molar-refractivity contribution in [1.82, 2.24) is 4.90 Å². The van der Waals surface area contributed by atoms with Crippen molar-refractivity contribution in [3.05, 3.63) is 63.2 Å². The molecule has 0 unspecified atom stereocenters. The van der Waals surface area contributed by atoms with Crippen LogP contribution < -0.4 is 4.74 Å². The molecule has 0 saturated heterocycles. The molecule has 0 saturated carbocycles. The van der Waals surface area contributed by atoms with Crippen molar-refractivity contribution >= 4 is 23.4 Å². The number of hydrogen-bond donors (Lipinski definition) is 1. The molecule has 1 amide bonds. The molecule has 7 nitrogen and oxygen atoms in total. The molecule has 0 spiro atoms. The van der Waals surface area contributed by atoms with Crippen LogP contribution in [0.1, 0.15) is 5.56 Å². The Kier molecular flexibility index (Phi) is 5.02. The fraction of sp³-hybridized carbons (Fsp3) is 0.133. The fourth-order valence-corrected chi connectivity index (χ4v) is 2.00. The van der Waals surface area contributed by atoms with Gasteiger partial charge in [-0.1, -0.05) is 23.7 Å². The first kappa shape index (κ1) is 16.6. The second-order valence-electron chi connectivity index (χ2n) is 4.75. The minimum Gasteiger partial charge on any atom is -0.508 e. The van der Waals surface area contributed by atoms with Gasteiger partial charge in [0.2, 0.25) is 0 Å². The van der Waals surface area contributed by atoms with E-state index in [1.165, 1.54) is 36.2 Å². The number of nitrogens with zero attached hydrogens (tertiary/aromatic N) is 2. The van der Waals surface area contributed by atoms with Crippen LogP contribution in [-0.2, 0) is 6.54 Å². The van der Waals surface area contributed by atoms with Gasteiger partial charge < -0.3 is 14.7 Å². The first-order chi connectivity index (χ1) is 10.9. The minimum absolute atomic E-state index is 0.0347. The fourth-order valence-electron chi connectivity index (χ4n) is 1.83. The molecule has 8 heteroatoms. The molecule has 0 aliphatic rings. The lowest BCUT2D eigenvalue weighted by Crippen LogP contribution is -2.29. The van der Waals surface area contributed by atoms with Crippen molar-refractivity contribution in [3.63, 3.8) is 0 Å². The number of nitro benzene ring substituents is 1. The third-order valence-electron chi connectivity index (χ3n) is 3.00. The lowest BCUT2D eigenvalue weighted by Gasteiger charge is -2.17. The maximum Gasteiger partial charge on any atom is 0.415 e. The van der Waals surface area contributed by atoms with Crippen molar-refractivity contribution < 1.29 is 19.6 Å². The third-order valence-corrected chi connectivity index (χ3v) is 3.24. The molecule has 0 atom stereocenters. The highest BCUT2D eigenvalue weighted by atomic mass is 35.5. The number of aromatic hydroxyl groups is 1. The molecule has 0 aliphatic carbocycles. The zero-order chi connectivity index (χ0) is 17.0. The van der Waals surface area contributed by atoms with Gasteiger partial charge in [0.05, 0.1) is 17.5 Å². The number of phenols is 1. The summed E-state index contributed by atoms with van der Waals surface area (Å²) in [7, 11) is 1.48. The molecule has 2 rings (SSSR count). The molecule has 120 valence electrons. The average Bonchev–Trinajstić information content (AvgIpc) is 2.50. The van der Waals surface area contributed by atoms with E-state index in [2.05, 4.69) is 0 Å². The number of carbonyl (C=O) groups excluding carboxylic acids is 1.